The van der Waals surface area contributed by atoms with Crippen LogP contribution in [0.4, 0.5) is 0 Å². The molecule has 29 heavy (non-hydrogen) atoms. The Morgan fingerprint density at radius 3 is 2.45 bits per heavy atom. The number of hydrogen-bond donors (Lipinski definition) is 1. The topological polar surface area (TPSA) is 82.1 Å². The zero-order chi connectivity index (χ0) is 21.7. The number of guanidine groups is 1. The smallest absolute Gasteiger partial charge is 0.242 e. The van der Waals surface area contributed by atoms with Gasteiger partial charge in [0.05, 0.1) is 12.3 Å². The third kappa shape index (κ3) is 7.85. The van der Waals surface area contributed by atoms with E-state index in [4.69, 9.17) is 11.6 Å². The van der Waals surface area contributed by atoms with Gasteiger partial charge in [-0.1, -0.05) is 37.6 Å². The third-order valence-electron chi connectivity index (χ3n) is 4.99. The molecule has 1 N–H and O–H groups in total. The van der Waals surface area contributed by atoms with Gasteiger partial charge in [0.1, 0.15) is 9.84 Å². The number of halogens is 1. The molecule has 0 saturated carbocycles. The SMILES string of the molecule is CN=C(NCC(C)(C)CCS(C)(=O)=O)N1CCN(Cc2ccc(Cl)cc2)C(=O)C1. The summed E-state index contributed by atoms with van der Waals surface area (Å²) in [6, 6.07) is 7.52. The average Bonchev–Trinajstić information content (AvgIpc) is 2.64. The maximum atomic E-state index is 12.6. The van der Waals surface area contributed by atoms with Crippen LogP contribution in [-0.2, 0) is 21.2 Å². The second kappa shape index (κ2) is 9.80. The molecule has 1 amide bonds. The number of nitrogens with zero attached hydrogens (tertiary/aromatic N) is 3. The molecule has 7 nitrogen and oxygen atoms in total. The van der Waals surface area contributed by atoms with Crippen LogP contribution in [-0.4, -0.2) is 75.3 Å². The molecule has 0 bridgehead atoms. The normalized spacial score (nSPS) is 16.3. The van der Waals surface area contributed by atoms with E-state index >= 15 is 0 Å². The first-order valence-electron chi connectivity index (χ1n) is 9.65. The Balaban J connectivity index is 1.88. The van der Waals surface area contributed by atoms with Crippen molar-refractivity contribution >= 4 is 33.3 Å². The molecule has 0 aliphatic carbocycles. The van der Waals surface area contributed by atoms with Crippen LogP contribution < -0.4 is 5.32 Å². The van der Waals surface area contributed by atoms with Crippen molar-refractivity contribution in [3.8, 4) is 0 Å². The maximum Gasteiger partial charge on any atom is 0.242 e. The fourth-order valence-corrected chi connectivity index (χ4v) is 4.12. The van der Waals surface area contributed by atoms with E-state index < -0.39 is 9.84 Å². The molecule has 1 aliphatic heterocycles. The first kappa shape index (κ1) is 23.5. The molecule has 1 heterocycles. The molecule has 1 aromatic rings. The van der Waals surface area contributed by atoms with Gasteiger partial charge < -0.3 is 15.1 Å². The van der Waals surface area contributed by atoms with Gasteiger partial charge in [0.2, 0.25) is 5.91 Å². The minimum absolute atomic E-state index is 0.0467. The molecule has 1 aromatic carbocycles. The molecule has 1 aliphatic rings. The van der Waals surface area contributed by atoms with Crippen LogP contribution in [0.15, 0.2) is 29.3 Å². The Hall–Kier alpha value is -1.80. The number of carbonyl (C=O) groups excluding carboxylic acids is 1. The average molecular weight is 443 g/mol. The molecule has 162 valence electrons. The van der Waals surface area contributed by atoms with Gasteiger partial charge >= 0.3 is 0 Å². The van der Waals surface area contributed by atoms with Gasteiger partial charge in [0, 0.05) is 44.5 Å². The molecular formula is C20H31ClN4O3S. The van der Waals surface area contributed by atoms with Crippen molar-refractivity contribution < 1.29 is 13.2 Å². The third-order valence-corrected chi connectivity index (χ3v) is 6.19. The summed E-state index contributed by atoms with van der Waals surface area (Å²) in [6.07, 6.45) is 1.81. The number of sulfone groups is 1. The Kier molecular flexibility index (Phi) is 7.94. The largest absolute Gasteiger partial charge is 0.356 e. The van der Waals surface area contributed by atoms with Crippen molar-refractivity contribution in [2.24, 2.45) is 10.4 Å². The molecule has 1 fully saturated rings. The van der Waals surface area contributed by atoms with Crippen molar-refractivity contribution in [2.45, 2.75) is 26.8 Å². The summed E-state index contributed by atoms with van der Waals surface area (Å²) in [5.41, 5.74) is 0.839. The molecule has 1 saturated heterocycles. The number of aliphatic imine (C=N–C) groups is 1. The van der Waals surface area contributed by atoms with Crippen molar-refractivity contribution in [1.29, 1.82) is 0 Å². The van der Waals surface area contributed by atoms with E-state index in [0.29, 0.717) is 43.6 Å². The zero-order valence-corrected chi connectivity index (χ0v) is 19.2. The predicted octanol–water partition coefficient (Wildman–Crippen LogP) is 2.02. The van der Waals surface area contributed by atoms with Gasteiger partial charge in [-0.15, -0.1) is 0 Å². The number of nitrogens with one attached hydrogen (secondary N) is 1. The van der Waals surface area contributed by atoms with E-state index in [1.165, 1.54) is 6.26 Å². The van der Waals surface area contributed by atoms with Crippen LogP contribution in [0, 0.1) is 5.41 Å². The molecule has 0 spiro atoms. The Morgan fingerprint density at radius 2 is 1.90 bits per heavy atom. The lowest BCUT2D eigenvalue weighted by Gasteiger charge is -2.37. The van der Waals surface area contributed by atoms with Crippen molar-refractivity contribution in [1.82, 2.24) is 15.1 Å². The second-order valence-electron chi connectivity index (χ2n) is 8.31. The Labute approximate surface area is 179 Å². The molecule has 0 radical (unpaired) electrons. The Bertz CT molecular complexity index is 838. The number of amides is 1. The van der Waals surface area contributed by atoms with Gasteiger partial charge in [0.15, 0.2) is 5.96 Å². The standard InChI is InChI=1S/C20H31ClN4O3S/c1-20(2,9-12-29(4,27)28)15-23-19(22-3)25-11-10-24(18(26)14-25)13-16-5-7-17(21)8-6-16/h5-8H,9-15H2,1-4H3,(H,22,23). The van der Waals surface area contributed by atoms with E-state index in [9.17, 15) is 13.2 Å². The van der Waals surface area contributed by atoms with Crippen LogP contribution in [0.3, 0.4) is 0 Å². The van der Waals surface area contributed by atoms with Gasteiger partial charge in [-0.05, 0) is 29.5 Å². The monoisotopic (exact) mass is 442 g/mol. The summed E-state index contributed by atoms with van der Waals surface area (Å²) in [5.74, 6) is 0.865. The maximum absolute atomic E-state index is 12.6. The molecule has 0 unspecified atom stereocenters. The molecule has 0 atom stereocenters. The zero-order valence-electron chi connectivity index (χ0n) is 17.6. The predicted molar refractivity (Wildman–Crippen MR) is 118 cm³/mol. The highest BCUT2D eigenvalue weighted by Crippen LogP contribution is 2.20. The molecule has 0 aromatic heterocycles. The van der Waals surface area contributed by atoms with Gasteiger partial charge in [-0.2, -0.15) is 0 Å². The van der Waals surface area contributed by atoms with Crippen LogP contribution in [0.5, 0.6) is 0 Å². The summed E-state index contributed by atoms with van der Waals surface area (Å²) in [5, 5.41) is 3.98. The summed E-state index contributed by atoms with van der Waals surface area (Å²) < 4.78 is 22.9. The minimum atomic E-state index is -2.99. The quantitative estimate of drug-likeness (QED) is 0.516. The highest BCUT2D eigenvalue weighted by atomic mass is 35.5. The van der Waals surface area contributed by atoms with E-state index in [-0.39, 0.29) is 23.6 Å². The van der Waals surface area contributed by atoms with Gasteiger partial charge in [-0.3, -0.25) is 9.79 Å². The summed E-state index contributed by atoms with van der Waals surface area (Å²) in [7, 11) is -1.30. The summed E-state index contributed by atoms with van der Waals surface area (Å²) >= 11 is 5.92. The lowest BCUT2D eigenvalue weighted by molar-refractivity contribution is -0.135. The van der Waals surface area contributed by atoms with Crippen LogP contribution in [0.25, 0.3) is 0 Å². The van der Waals surface area contributed by atoms with Crippen molar-refractivity contribution in [3.05, 3.63) is 34.9 Å². The molecule has 2 rings (SSSR count). The number of piperazine rings is 1. The highest BCUT2D eigenvalue weighted by molar-refractivity contribution is 7.90. The second-order valence-corrected chi connectivity index (χ2v) is 11.0. The highest BCUT2D eigenvalue weighted by Gasteiger charge is 2.27. The van der Waals surface area contributed by atoms with Crippen molar-refractivity contribution in [2.75, 3.05) is 45.2 Å². The fraction of sp³-hybridized carbons (Fsp3) is 0.600. The number of benzene rings is 1. The van der Waals surface area contributed by atoms with E-state index in [2.05, 4.69) is 10.3 Å². The minimum Gasteiger partial charge on any atom is -0.356 e. The number of carbonyl (C=O) groups is 1. The molecular weight excluding hydrogens is 412 g/mol. The van der Waals surface area contributed by atoms with Crippen LogP contribution in [0.2, 0.25) is 5.02 Å². The lowest BCUT2D eigenvalue weighted by atomic mass is 9.90. The van der Waals surface area contributed by atoms with E-state index in [1.54, 1.807) is 7.05 Å². The van der Waals surface area contributed by atoms with Gasteiger partial charge in [0.25, 0.3) is 0 Å². The van der Waals surface area contributed by atoms with E-state index in [0.717, 1.165) is 5.56 Å². The van der Waals surface area contributed by atoms with E-state index in [1.807, 2.05) is 47.9 Å². The summed E-state index contributed by atoms with van der Waals surface area (Å²) in [6.45, 7) is 6.74. The van der Waals surface area contributed by atoms with Crippen LogP contribution >= 0.6 is 11.6 Å². The first-order chi connectivity index (χ1) is 13.5. The van der Waals surface area contributed by atoms with Gasteiger partial charge in [-0.25, -0.2) is 8.42 Å². The van der Waals surface area contributed by atoms with Crippen molar-refractivity contribution in [3.63, 3.8) is 0 Å². The summed E-state index contributed by atoms with van der Waals surface area (Å²) in [4.78, 5) is 20.7. The van der Waals surface area contributed by atoms with Crippen LogP contribution in [0.1, 0.15) is 25.8 Å². The molecule has 9 heteroatoms. The fourth-order valence-electron chi connectivity index (χ4n) is 3.07. The number of hydrogen-bond acceptors (Lipinski definition) is 4. The lowest BCUT2D eigenvalue weighted by Crippen LogP contribution is -2.55. The number of rotatable bonds is 7. The first-order valence-corrected chi connectivity index (χ1v) is 12.1. The Morgan fingerprint density at radius 1 is 1.24 bits per heavy atom.